The Labute approximate surface area is 363 Å². The highest BCUT2D eigenvalue weighted by atomic mass is 35.5. The van der Waals surface area contributed by atoms with Crippen LogP contribution in [0.4, 0.5) is 4.79 Å². The molecule has 4 aliphatic rings. The average Bonchev–Trinajstić information content (AvgIpc) is 3.28. The number of carbonyl (C=O) groups is 2. The fourth-order valence-electron chi connectivity index (χ4n) is 9.33. The minimum absolute atomic E-state index is 0.0164. The first-order valence-corrected chi connectivity index (χ1v) is 22.2. The first-order valence-electron chi connectivity index (χ1n) is 21.7. The number of amides is 1. The second kappa shape index (κ2) is 23.4. The van der Waals surface area contributed by atoms with Gasteiger partial charge in [-0.05, 0) is 86.3 Å². The number of oxime groups is 1. The monoisotopic (exact) mass is 868 g/mol. The highest BCUT2D eigenvalue weighted by Gasteiger charge is 2.65. The summed E-state index contributed by atoms with van der Waals surface area (Å²) < 4.78 is 38.1. The van der Waals surface area contributed by atoms with Crippen LogP contribution >= 0.6 is 11.6 Å². The Morgan fingerprint density at radius 2 is 1.82 bits per heavy atom. The van der Waals surface area contributed by atoms with E-state index < -0.39 is 30.1 Å². The maximum atomic E-state index is 14.3. The van der Waals surface area contributed by atoms with Crippen molar-refractivity contribution in [3.63, 3.8) is 0 Å². The van der Waals surface area contributed by atoms with Crippen LogP contribution in [0, 0.1) is 17.8 Å². The largest absolute Gasteiger partial charge is 0.459 e. The molecule has 1 saturated heterocycles. The number of hydrogen-bond acceptors (Lipinski definition) is 13. The number of unbranched alkanes of at least 4 members (excludes halogenated alkanes) is 2. The predicted molar refractivity (Wildman–Crippen MR) is 228 cm³/mol. The number of alkyl halides is 1. The molecule has 0 radical (unpaired) electrons. The lowest BCUT2D eigenvalue weighted by Crippen LogP contribution is -2.70. The molecule has 2 aromatic rings. The van der Waals surface area contributed by atoms with Gasteiger partial charge in [-0.2, -0.15) is 0 Å². The van der Waals surface area contributed by atoms with Crippen molar-refractivity contribution < 1.29 is 58.2 Å². The zero-order chi connectivity index (χ0) is 43.0. The molecule has 1 saturated carbocycles. The maximum absolute atomic E-state index is 14.3. The number of ether oxygens (including phenoxy) is 6. The molecule has 15 heteroatoms. The van der Waals surface area contributed by atoms with E-state index in [1.165, 1.54) is 0 Å². The summed E-state index contributed by atoms with van der Waals surface area (Å²) in [6, 6.07) is 11.7. The van der Waals surface area contributed by atoms with Gasteiger partial charge in [-0.15, -0.1) is 18.2 Å². The van der Waals surface area contributed by atoms with Crippen LogP contribution < -0.4 is 9.47 Å². The highest BCUT2D eigenvalue weighted by molar-refractivity contribution is 6.18. The third kappa shape index (κ3) is 11.3. The van der Waals surface area contributed by atoms with Gasteiger partial charge in [0.25, 0.3) is 0 Å². The number of nitrogens with zero attached hydrogens (tertiary/aromatic N) is 2. The summed E-state index contributed by atoms with van der Waals surface area (Å²) in [5.41, 5.74) is 2.84. The normalized spacial score (nSPS) is 26.0. The quantitative estimate of drug-likeness (QED) is 0.0321. The number of halogens is 1. The first-order chi connectivity index (χ1) is 29.9. The molecular weight excluding hydrogens is 808 g/mol. The van der Waals surface area contributed by atoms with Crippen LogP contribution in [0.5, 0.6) is 17.2 Å². The molecule has 14 nitrogen and oxygen atoms in total. The van der Waals surface area contributed by atoms with Crippen molar-refractivity contribution in [3.05, 3.63) is 77.9 Å². The van der Waals surface area contributed by atoms with Crippen LogP contribution in [-0.4, -0.2) is 122 Å². The molecule has 7 atom stereocenters. The van der Waals surface area contributed by atoms with E-state index >= 15 is 0 Å². The van der Waals surface area contributed by atoms with E-state index in [9.17, 15) is 24.9 Å². The second-order valence-corrected chi connectivity index (χ2v) is 16.2. The molecule has 2 heterocycles. The van der Waals surface area contributed by atoms with E-state index in [1.807, 2.05) is 18.2 Å². The van der Waals surface area contributed by atoms with Crippen molar-refractivity contribution in [3.8, 4) is 17.2 Å². The van der Waals surface area contributed by atoms with Crippen LogP contribution in [0.2, 0.25) is 0 Å². The summed E-state index contributed by atoms with van der Waals surface area (Å²) in [5, 5.41) is 34.2. The highest BCUT2D eigenvalue weighted by Crippen LogP contribution is 2.62. The van der Waals surface area contributed by atoms with Crippen LogP contribution in [-0.2, 0) is 23.8 Å². The Bertz CT molecular complexity index is 1800. The van der Waals surface area contributed by atoms with Gasteiger partial charge >= 0.3 is 6.09 Å². The zero-order valence-electron chi connectivity index (χ0n) is 34.9. The molecular formula is C46H61ClN2O12. The third-order valence-electron chi connectivity index (χ3n) is 11.9. The maximum Gasteiger partial charge on any atom is 0.410 e. The molecule has 6 rings (SSSR count). The Hall–Kier alpha value is -4.02. The number of aliphatic hydroxyl groups excluding tert-OH is 3. The number of aliphatic hydroxyl groups is 3. The summed E-state index contributed by atoms with van der Waals surface area (Å²) in [6.07, 6.45) is 10.6. The van der Waals surface area contributed by atoms with Crippen LogP contribution in [0.3, 0.4) is 0 Å². The van der Waals surface area contributed by atoms with E-state index in [0.717, 1.165) is 55.9 Å². The van der Waals surface area contributed by atoms with E-state index in [0.29, 0.717) is 54.4 Å². The molecule has 61 heavy (non-hydrogen) atoms. The molecule has 2 aliphatic carbocycles. The molecule has 0 aromatic heterocycles. The topological polar surface area (TPSA) is 175 Å². The first kappa shape index (κ1) is 46.5. The Balaban J connectivity index is 1.57. The van der Waals surface area contributed by atoms with Crippen molar-refractivity contribution in [2.24, 2.45) is 22.9 Å². The van der Waals surface area contributed by atoms with Gasteiger partial charge in [0.1, 0.15) is 36.2 Å². The van der Waals surface area contributed by atoms with E-state index in [-0.39, 0.29) is 82.8 Å². The fourth-order valence-corrected chi connectivity index (χ4v) is 9.41. The van der Waals surface area contributed by atoms with Crippen molar-refractivity contribution in [2.45, 2.75) is 88.2 Å². The van der Waals surface area contributed by atoms with Crippen molar-refractivity contribution >= 4 is 29.7 Å². The Kier molecular flexibility index (Phi) is 17.9. The molecule has 0 bridgehead atoms. The molecule has 3 N–H and O–H groups in total. The number of allylic oxidation sites excluding steroid dienone is 1. The lowest BCUT2D eigenvalue weighted by molar-refractivity contribution is -0.256. The minimum atomic E-state index is -1.53. The Morgan fingerprint density at radius 3 is 2.56 bits per heavy atom. The number of benzene rings is 2. The van der Waals surface area contributed by atoms with Crippen molar-refractivity contribution in [2.75, 3.05) is 65.3 Å². The van der Waals surface area contributed by atoms with Gasteiger partial charge in [0.05, 0.1) is 50.5 Å². The number of aldehydes is 1. The number of carbonyl (C=O) groups excluding carboxylic acids is 2. The van der Waals surface area contributed by atoms with Gasteiger partial charge in [0, 0.05) is 49.6 Å². The summed E-state index contributed by atoms with van der Waals surface area (Å²) in [4.78, 5) is 33.7. The van der Waals surface area contributed by atoms with Gasteiger partial charge in [0.15, 0.2) is 0 Å². The van der Waals surface area contributed by atoms with E-state index in [4.69, 9.17) is 50.0 Å². The molecule has 1 amide bonds. The second-order valence-electron chi connectivity index (χ2n) is 15.8. The molecule has 0 spiro atoms. The van der Waals surface area contributed by atoms with E-state index in [2.05, 4.69) is 12.7 Å². The Morgan fingerprint density at radius 1 is 1.00 bits per heavy atom. The third-order valence-corrected chi connectivity index (χ3v) is 12.1. The van der Waals surface area contributed by atoms with Gasteiger partial charge in [0.2, 0.25) is 12.1 Å². The van der Waals surface area contributed by atoms with Crippen molar-refractivity contribution in [1.29, 1.82) is 0 Å². The molecule has 334 valence electrons. The van der Waals surface area contributed by atoms with Crippen LogP contribution in [0.25, 0.3) is 0 Å². The SMILES string of the molecule is C=CCOC12Oc3ccc(Oc4cccc(C=O)c4)cc3C3C(CCCCO)C(CCCCO)C=C(C(=NOC4CCCCO4)CC1N(CCOCCO)C(=O)OCCCl)C32. The number of fused-ring (bicyclic) bond motifs is 2. The zero-order valence-corrected chi connectivity index (χ0v) is 35.6. The van der Waals surface area contributed by atoms with Gasteiger partial charge in [-0.1, -0.05) is 42.3 Å². The lowest BCUT2D eigenvalue weighted by Gasteiger charge is -2.59. The summed E-state index contributed by atoms with van der Waals surface area (Å²) in [7, 11) is 0. The van der Waals surface area contributed by atoms with E-state index in [1.54, 1.807) is 35.2 Å². The number of hydrogen-bond donors (Lipinski definition) is 3. The predicted octanol–water partition coefficient (Wildman–Crippen LogP) is 7.14. The number of rotatable bonds is 24. The van der Waals surface area contributed by atoms with Gasteiger partial charge < -0.3 is 48.6 Å². The summed E-state index contributed by atoms with van der Waals surface area (Å²) >= 11 is 6.03. The molecule has 7 unspecified atom stereocenters. The van der Waals surface area contributed by atoms with Crippen LogP contribution in [0.15, 0.2) is 71.9 Å². The van der Waals surface area contributed by atoms with Crippen molar-refractivity contribution in [1.82, 2.24) is 4.90 Å². The summed E-state index contributed by atoms with van der Waals surface area (Å²) in [6.45, 7) is 4.77. The van der Waals surface area contributed by atoms with Gasteiger partial charge in [-0.3, -0.25) is 9.69 Å². The summed E-state index contributed by atoms with van der Waals surface area (Å²) in [5.74, 6) is -0.734. The average molecular weight is 869 g/mol. The lowest BCUT2D eigenvalue weighted by atomic mass is 9.55. The smallest absolute Gasteiger partial charge is 0.410 e. The van der Waals surface area contributed by atoms with Gasteiger partial charge in [-0.25, -0.2) is 4.79 Å². The molecule has 2 aromatic carbocycles. The fraction of sp³-hybridized carbons (Fsp3) is 0.587. The molecule has 2 fully saturated rings. The standard InChI is InChI=1S/C46H61ClN2O12/c1-2-22-58-46-41(49(18-25-55-26-21-52)45(54)57-24-17-47)30-39(48-61-42-14-5-8-23-56-42)37-28-33(11-3-6-19-50)36(13-4-7-20-51)43(44(37)46)38-29-35(15-16-40(38)60-46)59-34-12-9-10-32(27-34)31-53/h2,9-10,12,15-16,27-29,31,33,36,41-44,50-52H,1,3-8,11,13-14,17-26,30H2. The van der Waals surface area contributed by atoms with Crippen LogP contribution in [0.1, 0.15) is 86.0 Å². The molecule has 2 aliphatic heterocycles. The minimum Gasteiger partial charge on any atom is -0.459 e.